The molecule has 1 fully saturated rings. The molecule has 0 bridgehead atoms. The second-order valence-corrected chi connectivity index (χ2v) is 7.75. The number of benzene rings is 2. The molecule has 8 nitrogen and oxygen atoms in total. The van der Waals surface area contributed by atoms with Crippen LogP contribution in [0.2, 0.25) is 0 Å². The Morgan fingerprint density at radius 2 is 1.94 bits per heavy atom. The van der Waals surface area contributed by atoms with Gasteiger partial charge < -0.3 is 24.7 Å². The van der Waals surface area contributed by atoms with Gasteiger partial charge in [0.05, 0.1) is 7.11 Å². The third kappa shape index (κ3) is 5.26. The van der Waals surface area contributed by atoms with Crippen LogP contribution in [-0.2, 0) is 16.6 Å². The number of rotatable bonds is 9. The number of anilines is 1. The Hall–Kier alpha value is -3.81. The van der Waals surface area contributed by atoms with Gasteiger partial charge in [0, 0.05) is 37.1 Å². The lowest BCUT2D eigenvalue weighted by molar-refractivity contribution is -0.123. The van der Waals surface area contributed by atoms with E-state index in [1.165, 1.54) is 0 Å². The zero-order valence-electron chi connectivity index (χ0n) is 18.1. The van der Waals surface area contributed by atoms with Gasteiger partial charge in [-0.3, -0.25) is 9.59 Å². The minimum atomic E-state index is -0.467. The molecule has 2 N–H and O–H groups in total. The van der Waals surface area contributed by atoms with Crippen molar-refractivity contribution in [2.75, 3.05) is 19.0 Å². The van der Waals surface area contributed by atoms with Crippen molar-refractivity contribution in [2.45, 2.75) is 18.9 Å². The van der Waals surface area contributed by atoms with Crippen LogP contribution in [0.25, 0.3) is 0 Å². The quantitative estimate of drug-likeness (QED) is 0.540. The molecule has 1 aliphatic rings. The summed E-state index contributed by atoms with van der Waals surface area (Å²) in [6.45, 7) is -0.176. The van der Waals surface area contributed by atoms with Crippen molar-refractivity contribution in [3.63, 3.8) is 0 Å². The van der Waals surface area contributed by atoms with Crippen LogP contribution < -0.4 is 20.1 Å². The first-order valence-corrected chi connectivity index (χ1v) is 10.5. The number of nitrogens with one attached hydrogen (secondary N) is 2. The highest BCUT2D eigenvalue weighted by molar-refractivity contribution is 5.94. The van der Waals surface area contributed by atoms with Crippen LogP contribution in [0.3, 0.4) is 0 Å². The van der Waals surface area contributed by atoms with Gasteiger partial charge in [-0.25, -0.2) is 4.98 Å². The van der Waals surface area contributed by atoms with E-state index in [0.29, 0.717) is 23.0 Å². The van der Waals surface area contributed by atoms with Gasteiger partial charge >= 0.3 is 0 Å². The maximum Gasteiger partial charge on any atom is 0.258 e. The van der Waals surface area contributed by atoms with E-state index in [4.69, 9.17) is 9.47 Å². The smallest absolute Gasteiger partial charge is 0.258 e. The van der Waals surface area contributed by atoms with Gasteiger partial charge in [0.15, 0.2) is 6.61 Å². The first kappa shape index (κ1) is 21.4. The van der Waals surface area contributed by atoms with Crippen molar-refractivity contribution < 1.29 is 19.1 Å². The molecule has 1 heterocycles. The summed E-state index contributed by atoms with van der Waals surface area (Å²) in [5, 5.41) is 5.87. The molecule has 0 aliphatic heterocycles. The number of aromatic nitrogens is 2. The summed E-state index contributed by atoms with van der Waals surface area (Å²) in [7, 11) is 3.47. The molecule has 8 heteroatoms. The lowest BCUT2D eigenvalue weighted by Crippen LogP contribution is -2.34. The van der Waals surface area contributed by atoms with Gasteiger partial charge in [-0.05, 0) is 42.7 Å². The van der Waals surface area contributed by atoms with Gasteiger partial charge in [-0.15, -0.1) is 0 Å². The second kappa shape index (κ2) is 9.55. The van der Waals surface area contributed by atoms with Crippen LogP contribution in [0.1, 0.15) is 30.3 Å². The molecule has 1 unspecified atom stereocenters. The van der Waals surface area contributed by atoms with Gasteiger partial charge in [0.2, 0.25) is 5.91 Å². The Morgan fingerprint density at radius 1 is 1.16 bits per heavy atom. The molecule has 1 aromatic heterocycles. The largest absolute Gasteiger partial charge is 0.497 e. The number of methoxy groups -OCH3 is 1. The fourth-order valence-corrected chi connectivity index (χ4v) is 3.38. The summed E-state index contributed by atoms with van der Waals surface area (Å²) in [4.78, 5) is 29.1. The molecule has 2 amide bonds. The normalized spacial score (nSPS) is 13.8. The lowest BCUT2D eigenvalue weighted by Gasteiger charge is -2.20. The van der Waals surface area contributed by atoms with E-state index in [1.807, 2.05) is 42.1 Å². The first-order valence-electron chi connectivity index (χ1n) is 10.5. The molecule has 4 rings (SSSR count). The van der Waals surface area contributed by atoms with E-state index < -0.39 is 6.04 Å². The average molecular weight is 434 g/mol. The number of hydrogen-bond acceptors (Lipinski definition) is 5. The van der Waals surface area contributed by atoms with E-state index >= 15 is 0 Å². The number of amides is 2. The van der Waals surface area contributed by atoms with Gasteiger partial charge in [-0.1, -0.05) is 18.2 Å². The van der Waals surface area contributed by atoms with E-state index in [1.54, 1.807) is 37.6 Å². The van der Waals surface area contributed by atoms with Gasteiger partial charge in [-0.2, -0.15) is 0 Å². The summed E-state index contributed by atoms with van der Waals surface area (Å²) >= 11 is 0. The van der Waals surface area contributed by atoms with E-state index in [0.717, 1.165) is 18.4 Å². The summed E-state index contributed by atoms with van der Waals surface area (Å²) in [6, 6.07) is 14.1. The fraction of sp³-hybridized carbons (Fsp3) is 0.292. The molecule has 0 radical (unpaired) electrons. The Balaban J connectivity index is 1.42. The number of aryl methyl sites for hydroxylation is 1. The van der Waals surface area contributed by atoms with Crippen LogP contribution in [0.15, 0.2) is 60.9 Å². The Kier molecular flexibility index (Phi) is 6.39. The molecule has 1 saturated carbocycles. The van der Waals surface area contributed by atoms with Crippen LogP contribution in [-0.4, -0.2) is 35.1 Å². The van der Waals surface area contributed by atoms with Crippen LogP contribution in [0, 0.1) is 5.92 Å². The maximum absolute atomic E-state index is 12.7. The lowest BCUT2D eigenvalue weighted by atomic mass is 10.1. The number of nitrogens with zero attached hydrogens (tertiary/aromatic N) is 2. The predicted molar refractivity (Wildman–Crippen MR) is 119 cm³/mol. The number of hydrogen-bond donors (Lipinski definition) is 2. The third-order valence-electron chi connectivity index (χ3n) is 5.27. The predicted octanol–water partition coefficient (Wildman–Crippen LogP) is 3.06. The summed E-state index contributed by atoms with van der Waals surface area (Å²) in [5.41, 5.74) is 1.50. The highest BCUT2D eigenvalue weighted by Crippen LogP contribution is 2.30. The fourth-order valence-electron chi connectivity index (χ4n) is 3.38. The van der Waals surface area contributed by atoms with Crippen molar-refractivity contribution in [3.05, 3.63) is 72.3 Å². The van der Waals surface area contributed by atoms with E-state index in [9.17, 15) is 9.59 Å². The number of carbonyl (C=O) groups excluding carboxylic acids is 2. The van der Waals surface area contributed by atoms with E-state index in [2.05, 4.69) is 15.6 Å². The molecular formula is C24H26N4O4. The van der Waals surface area contributed by atoms with Gasteiger partial charge in [0.1, 0.15) is 23.4 Å². The molecular weight excluding hydrogens is 408 g/mol. The molecule has 1 aliphatic carbocycles. The highest BCUT2D eigenvalue weighted by atomic mass is 16.5. The Bertz CT molecular complexity index is 1110. The topological polar surface area (TPSA) is 94.5 Å². The molecule has 2 aromatic carbocycles. The average Bonchev–Trinajstić information content (AvgIpc) is 3.58. The van der Waals surface area contributed by atoms with Crippen molar-refractivity contribution in [3.8, 4) is 11.5 Å². The van der Waals surface area contributed by atoms with Crippen LogP contribution in [0.4, 0.5) is 5.69 Å². The number of carbonyl (C=O) groups is 2. The van der Waals surface area contributed by atoms with Gasteiger partial charge in [0.25, 0.3) is 5.91 Å². The SMILES string of the molecule is COc1cccc(C(NC(=O)COc2cccc(NC(=O)C3CC3)c2)c2nccn2C)c1. The van der Waals surface area contributed by atoms with Crippen molar-refractivity contribution in [1.29, 1.82) is 0 Å². The molecule has 166 valence electrons. The van der Waals surface area contributed by atoms with E-state index in [-0.39, 0.29) is 24.3 Å². The third-order valence-corrected chi connectivity index (χ3v) is 5.27. The Labute approximate surface area is 186 Å². The Morgan fingerprint density at radius 3 is 2.66 bits per heavy atom. The molecule has 0 saturated heterocycles. The minimum absolute atomic E-state index is 0.0242. The molecule has 1 atom stereocenters. The maximum atomic E-state index is 12.7. The zero-order valence-corrected chi connectivity index (χ0v) is 18.1. The summed E-state index contributed by atoms with van der Waals surface area (Å²) in [6.07, 6.45) is 5.39. The number of ether oxygens (including phenoxy) is 2. The second-order valence-electron chi connectivity index (χ2n) is 7.75. The molecule has 3 aromatic rings. The first-order chi connectivity index (χ1) is 15.5. The monoisotopic (exact) mass is 434 g/mol. The van der Waals surface area contributed by atoms with Crippen molar-refractivity contribution in [1.82, 2.24) is 14.9 Å². The zero-order chi connectivity index (χ0) is 22.5. The molecule has 32 heavy (non-hydrogen) atoms. The molecule has 0 spiro atoms. The summed E-state index contributed by atoms with van der Waals surface area (Å²) < 4.78 is 12.9. The highest BCUT2D eigenvalue weighted by Gasteiger charge is 2.29. The standard InChI is InChI=1S/C24H26N4O4/c1-28-12-11-25-23(28)22(17-5-3-7-19(13-17)31-2)27-21(29)15-32-20-8-4-6-18(14-20)26-24(30)16-9-10-16/h3-8,11-14,16,22H,9-10,15H2,1-2H3,(H,26,30)(H,27,29). The van der Waals surface area contributed by atoms with Crippen molar-refractivity contribution >= 4 is 17.5 Å². The van der Waals surface area contributed by atoms with Crippen LogP contribution >= 0.6 is 0 Å². The van der Waals surface area contributed by atoms with Crippen LogP contribution in [0.5, 0.6) is 11.5 Å². The van der Waals surface area contributed by atoms with Crippen molar-refractivity contribution in [2.24, 2.45) is 13.0 Å². The summed E-state index contributed by atoms with van der Waals surface area (Å²) in [5.74, 6) is 1.73. The number of imidazole rings is 1. The minimum Gasteiger partial charge on any atom is -0.497 e.